The normalized spacial score (nSPS) is 16.6. The summed E-state index contributed by atoms with van der Waals surface area (Å²) in [6.07, 6.45) is 3.60. The van der Waals surface area contributed by atoms with E-state index in [2.05, 4.69) is 25.3 Å². The highest BCUT2D eigenvalue weighted by molar-refractivity contribution is 7.20. The molecule has 1 saturated heterocycles. The molecule has 1 fully saturated rings. The number of hydrogen-bond acceptors (Lipinski definition) is 6. The van der Waals surface area contributed by atoms with E-state index in [0.717, 1.165) is 46.4 Å². The van der Waals surface area contributed by atoms with Crippen LogP contribution in [0.25, 0.3) is 16.2 Å². The topological polar surface area (TPSA) is 75.4 Å². The largest absolute Gasteiger partial charge is 0.346 e. The Morgan fingerprint density at radius 2 is 2.03 bits per heavy atom. The molecule has 4 aromatic rings. The summed E-state index contributed by atoms with van der Waals surface area (Å²) < 4.78 is 14.9. The predicted octanol–water partition coefficient (Wildman–Crippen LogP) is 4.16. The van der Waals surface area contributed by atoms with Crippen LogP contribution >= 0.6 is 11.3 Å². The van der Waals surface area contributed by atoms with Crippen molar-refractivity contribution >= 4 is 33.2 Å². The highest BCUT2D eigenvalue weighted by Crippen LogP contribution is 2.30. The van der Waals surface area contributed by atoms with Crippen molar-refractivity contribution < 1.29 is 9.18 Å². The Morgan fingerprint density at radius 1 is 1.19 bits per heavy atom. The minimum absolute atomic E-state index is 0.0114. The van der Waals surface area contributed by atoms with Crippen LogP contribution in [0.2, 0.25) is 0 Å². The smallest absolute Gasteiger partial charge is 0.230 e. The zero-order valence-corrected chi connectivity index (χ0v) is 17.8. The molecule has 1 aromatic carbocycles. The number of halogens is 1. The molecule has 1 N–H and O–H groups in total. The Labute approximate surface area is 182 Å². The van der Waals surface area contributed by atoms with Crippen molar-refractivity contribution in [3.05, 3.63) is 60.2 Å². The lowest BCUT2D eigenvalue weighted by Gasteiger charge is -2.31. The van der Waals surface area contributed by atoms with Crippen LogP contribution in [0.1, 0.15) is 18.5 Å². The summed E-state index contributed by atoms with van der Waals surface area (Å²) in [7, 11) is 0. The van der Waals surface area contributed by atoms with Crippen LogP contribution in [0.4, 0.5) is 15.3 Å². The average Bonchev–Trinajstić information content (AvgIpc) is 3.34. The Morgan fingerprint density at radius 3 is 2.81 bits per heavy atom. The van der Waals surface area contributed by atoms with E-state index in [1.807, 2.05) is 25.3 Å². The van der Waals surface area contributed by atoms with Gasteiger partial charge in [-0.25, -0.2) is 18.9 Å². The van der Waals surface area contributed by atoms with Crippen molar-refractivity contribution in [3.8, 4) is 11.3 Å². The number of rotatable bonds is 4. The summed E-state index contributed by atoms with van der Waals surface area (Å²) in [6.45, 7) is 3.37. The number of anilines is 2. The number of piperidine rings is 1. The van der Waals surface area contributed by atoms with Gasteiger partial charge in [0.1, 0.15) is 11.6 Å². The maximum atomic E-state index is 13.2. The van der Waals surface area contributed by atoms with E-state index in [0.29, 0.717) is 12.4 Å². The number of imidazole rings is 1. The first-order chi connectivity index (χ1) is 15.0. The number of aryl methyl sites for hydroxylation is 1. The quantitative estimate of drug-likeness (QED) is 0.520. The van der Waals surface area contributed by atoms with Crippen molar-refractivity contribution in [2.24, 2.45) is 5.92 Å². The standard InChI is InChI=1S/C22H21FN6OS/c1-14-4-2-6-19(24-14)26-20(30)16-5-3-11-28(12-16)22-27-29-13-18(25-21(29)31-22)15-7-9-17(23)10-8-15/h2,4,6-10,13,16H,3,5,11-12H2,1H3,(H,24,26,30). The van der Waals surface area contributed by atoms with Crippen LogP contribution in [0.15, 0.2) is 48.7 Å². The van der Waals surface area contributed by atoms with Gasteiger partial charge in [-0.3, -0.25) is 4.79 Å². The molecule has 0 radical (unpaired) electrons. The number of amides is 1. The van der Waals surface area contributed by atoms with Crippen LogP contribution in [-0.2, 0) is 4.79 Å². The fourth-order valence-electron chi connectivity index (χ4n) is 3.78. The van der Waals surface area contributed by atoms with Gasteiger partial charge in [0, 0.05) is 24.3 Å². The molecule has 0 aliphatic carbocycles. The number of aromatic nitrogens is 4. The summed E-state index contributed by atoms with van der Waals surface area (Å²) in [6, 6.07) is 11.9. The maximum absolute atomic E-state index is 13.2. The van der Waals surface area contributed by atoms with Crippen molar-refractivity contribution in [2.45, 2.75) is 19.8 Å². The Hall–Kier alpha value is -3.33. The van der Waals surface area contributed by atoms with Crippen LogP contribution in [0.5, 0.6) is 0 Å². The van der Waals surface area contributed by atoms with E-state index in [1.54, 1.807) is 22.7 Å². The second-order valence-electron chi connectivity index (χ2n) is 7.68. The molecular weight excluding hydrogens is 415 g/mol. The number of fused-ring (bicyclic) bond motifs is 1. The third-order valence-corrected chi connectivity index (χ3v) is 6.36. The van der Waals surface area contributed by atoms with E-state index < -0.39 is 0 Å². The van der Waals surface area contributed by atoms with E-state index in [1.165, 1.54) is 23.5 Å². The summed E-state index contributed by atoms with van der Waals surface area (Å²) in [5.74, 6) is 0.181. The fourth-order valence-corrected chi connectivity index (χ4v) is 4.70. The van der Waals surface area contributed by atoms with Gasteiger partial charge in [-0.2, -0.15) is 0 Å². The molecule has 1 aliphatic heterocycles. The molecule has 0 bridgehead atoms. The van der Waals surface area contributed by atoms with Crippen molar-refractivity contribution in [1.29, 1.82) is 0 Å². The Balaban J connectivity index is 1.30. The minimum Gasteiger partial charge on any atom is -0.346 e. The maximum Gasteiger partial charge on any atom is 0.230 e. The number of nitrogens with one attached hydrogen (secondary N) is 1. The van der Waals surface area contributed by atoms with Gasteiger partial charge in [0.25, 0.3) is 0 Å². The molecule has 3 aromatic heterocycles. The van der Waals surface area contributed by atoms with Gasteiger partial charge in [0.2, 0.25) is 16.0 Å². The van der Waals surface area contributed by atoms with Gasteiger partial charge < -0.3 is 10.2 Å². The highest BCUT2D eigenvalue weighted by atomic mass is 32.1. The number of nitrogens with zero attached hydrogens (tertiary/aromatic N) is 5. The second kappa shape index (κ2) is 8.07. The van der Waals surface area contributed by atoms with Crippen molar-refractivity contribution in [3.63, 3.8) is 0 Å². The number of pyridine rings is 1. The third kappa shape index (κ3) is 4.13. The van der Waals surface area contributed by atoms with E-state index in [9.17, 15) is 9.18 Å². The summed E-state index contributed by atoms with van der Waals surface area (Å²) in [5, 5.41) is 8.45. The number of carbonyl (C=O) groups is 1. The molecule has 0 saturated carbocycles. The first kappa shape index (κ1) is 19.6. The zero-order valence-electron chi connectivity index (χ0n) is 17.0. The number of carbonyl (C=O) groups excluding carboxylic acids is 1. The Bertz CT molecular complexity index is 1200. The van der Waals surface area contributed by atoms with E-state index in [4.69, 9.17) is 0 Å². The lowest BCUT2D eigenvalue weighted by atomic mass is 9.97. The summed E-state index contributed by atoms with van der Waals surface area (Å²) in [4.78, 5) is 24.7. The SMILES string of the molecule is Cc1cccc(NC(=O)C2CCCN(c3nn4cc(-c5ccc(F)cc5)nc4s3)C2)n1. The fraction of sp³-hybridized carbons (Fsp3) is 0.273. The van der Waals surface area contributed by atoms with Gasteiger partial charge in [-0.15, -0.1) is 5.10 Å². The second-order valence-corrected chi connectivity index (χ2v) is 8.62. The van der Waals surface area contributed by atoms with Gasteiger partial charge in [0.05, 0.1) is 17.8 Å². The molecule has 31 heavy (non-hydrogen) atoms. The number of hydrogen-bond donors (Lipinski definition) is 1. The van der Waals surface area contributed by atoms with Crippen LogP contribution in [0.3, 0.4) is 0 Å². The summed E-state index contributed by atoms with van der Waals surface area (Å²) >= 11 is 1.49. The molecule has 1 unspecified atom stereocenters. The molecular formula is C22H21FN6OS. The lowest BCUT2D eigenvalue weighted by molar-refractivity contribution is -0.120. The molecule has 1 aliphatic rings. The zero-order chi connectivity index (χ0) is 21.4. The van der Waals surface area contributed by atoms with Gasteiger partial charge in [0.15, 0.2) is 0 Å². The molecule has 158 valence electrons. The molecule has 4 heterocycles. The van der Waals surface area contributed by atoms with Crippen LogP contribution in [0, 0.1) is 18.7 Å². The van der Waals surface area contributed by atoms with Crippen molar-refractivity contribution in [2.75, 3.05) is 23.3 Å². The van der Waals surface area contributed by atoms with Gasteiger partial charge >= 0.3 is 0 Å². The van der Waals surface area contributed by atoms with Crippen LogP contribution in [-0.4, -0.2) is 38.6 Å². The molecule has 9 heteroatoms. The third-order valence-electron chi connectivity index (χ3n) is 5.37. The average molecular weight is 437 g/mol. The molecule has 5 rings (SSSR count). The lowest BCUT2D eigenvalue weighted by Crippen LogP contribution is -2.40. The first-order valence-corrected chi connectivity index (χ1v) is 11.0. The molecule has 1 atom stereocenters. The highest BCUT2D eigenvalue weighted by Gasteiger charge is 2.28. The van der Waals surface area contributed by atoms with Gasteiger partial charge in [-0.05, 0) is 56.2 Å². The predicted molar refractivity (Wildman–Crippen MR) is 119 cm³/mol. The van der Waals surface area contributed by atoms with E-state index >= 15 is 0 Å². The molecule has 0 spiro atoms. The molecule has 1 amide bonds. The molecule has 7 nitrogen and oxygen atoms in total. The minimum atomic E-state index is -0.271. The monoisotopic (exact) mass is 436 g/mol. The number of benzene rings is 1. The Kier molecular flexibility index (Phi) is 5.11. The first-order valence-electron chi connectivity index (χ1n) is 10.2. The van der Waals surface area contributed by atoms with Gasteiger partial charge in [-0.1, -0.05) is 17.4 Å². The van der Waals surface area contributed by atoms with Crippen LogP contribution < -0.4 is 10.2 Å². The van der Waals surface area contributed by atoms with E-state index in [-0.39, 0.29) is 17.6 Å². The summed E-state index contributed by atoms with van der Waals surface area (Å²) in [5.41, 5.74) is 2.47. The van der Waals surface area contributed by atoms with Crippen molar-refractivity contribution in [1.82, 2.24) is 19.6 Å².